The molecule has 1 heterocycles. The van der Waals surface area contributed by atoms with Crippen molar-refractivity contribution in [3.8, 4) is 0 Å². The van der Waals surface area contributed by atoms with Crippen LogP contribution in [0.4, 0.5) is 5.82 Å². The Morgan fingerprint density at radius 3 is 2.50 bits per heavy atom. The summed E-state index contributed by atoms with van der Waals surface area (Å²) in [7, 11) is 0. The van der Waals surface area contributed by atoms with E-state index in [1.165, 1.54) is 5.56 Å². The van der Waals surface area contributed by atoms with Crippen LogP contribution in [0.2, 0.25) is 0 Å². The molecule has 0 aliphatic heterocycles. The summed E-state index contributed by atoms with van der Waals surface area (Å²) in [5.41, 5.74) is 2.37. The molecule has 1 aromatic heterocycles. The fourth-order valence-electron chi connectivity index (χ4n) is 1.97. The van der Waals surface area contributed by atoms with E-state index in [0.29, 0.717) is 5.92 Å². The SMILES string of the molecule is CCCNc1nc(CSCC)nc(C)c1C(C)C. The van der Waals surface area contributed by atoms with E-state index in [2.05, 4.69) is 49.9 Å². The van der Waals surface area contributed by atoms with Gasteiger partial charge in [0.05, 0.1) is 5.75 Å². The minimum atomic E-state index is 0.456. The summed E-state index contributed by atoms with van der Waals surface area (Å²) in [6, 6.07) is 0. The van der Waals surface area contributed by atoms with Gasteiger partial charge >= 0.3 is 0 Å². The predicted molar refractivity (Wildman–Crippen MR) is 81.5 cm³/mol. The van der Waals surface area contributed by atoms with Gasteiger partial charge in [0.25, 0.3) is 0 Å². The molecule has 0 amide bonds. The molecule has 4 heteroatoms. The third-order valence-corrected chi connectivity index (χ3v) is 3.61. The Labute approximate surface area is 115 Å². The van der Waals surface area contributed by atoms with Crippen LogP contribution in [0, 0.1) is 6.92 Å². The lowest BCUT2D eigenvalue weighted by Crippen LogP contribution is -2.11. The first kappa shape index (κ1) is 15.3. The molecular formula is C14H25N3S. The molecule has 3 nitrogen and oxygen atoms in total. The molecule has 0 aromatic carbocycles. The van der Waals surface area contributed by atoms with Gasteiger partial charge in [-0.2, -0.15) is 11.8 Å². The highest BCUT2D eigenvalue weighted by molar-refractivity contribution is 7.98. The molecule has 18 heavy (non-hydrogen) atoms. The first-order valence-corrected chi connectivity index (χ1v) is 7.94. The van der Waals surface area contributed by atoms with Crippen molar-refractivity contribution in [1.82, 2.24) is 9.97 Å². The number of thioether (sulfide) groups is 1. The summed E-state index contributed by atoms with van der Waals surface area (Å²) in [5.74, 6) is 4.44. The minimum absolute atomic E-state index is 0.456. The van der Waals surface area contributed by atoms with Crippen molar-refractivity contribution in [3.05, 3.63) is 17.1 Å². The number of rotatable bonds is 7. The van der Waals surface area contributed by atoms with Gasteiger partial charge in [-0.25, -0.2) is 9.97 Å². The first-order valence-electron chi connectivity index (χ1n) is 6.79. The van der Waals surface area contributed by atoms with Crippen LogP contribution in [0.15, 0.2) is 0 Å². The average Bonchev–Trinajstić information content (AvgIpc) is 2.32. The predicted octanol–water partition coefficient (Wildman–Crippen LogP) is 3.98. The van der Waals surface area contributed by atoms with Gasteiger partial charge in [0.1, 0.15) is 11.6 Å². The van der Waals surface area contributed by atoms with Crippen LogP contribution in [0.3, 0.4) is 0 Å². The van der Waals surface area contributed by atoms with Gasteiger partial charge in [0, 0.05) is 17.8 Å². The Morgan fingerprint density at radius 1 is 1.22 bits per heavy atom. The molecule has 0 saturated heterocycles. The first-order chi connectivity index (χ1) is 8.60. The molecule has 0 unspecified atom stereocenters. The van der Waals surface area contributed by atoms with Gasteiger partial charge in [-0.15, -0.1) is 0 Å². The number of anilines is 1. The van der Waals surface area contributed by atoms with E-state index in [4.69, 9.17) is 0 Å². The zero-order valence-corrected chi connectivity index (χ0v) is 13.0. The maximum atomic E-state index is 4.69. The lowest BCUT2D eigenvalue weighted by Gasteiger charge is -2.17. The highest BCUT2D eigenvalue weighted by Gasteiger charge is 2.14. The van der Waals surface area contributed by atoms with Crippen LogP contribution in [0.25, 0.3) is 0 Å². The second-order valence-electron chi connectivity index (χ2n) is 4.71. The van der Waals surface area contributed by atoms with Crippen LogP contribution in [0.5, 0.6) is 0 Å². The Balaban J connectivity index is 3.02. The Morgan fingerprint density at radius 2 is 1.94 bits per heavy atom. The Kier molecular flexibility index (Phi) is 6.47. The average molecular weight is 267 g/mol. The molecule has 102 valence electrons. The number of nitrogens with one attached hydrogen (secondary N) is 1. The second-order valence-corrected chi connectivity index (χ2v) is 5.98. The van der Waals surface area contributed by atoms with Crippen LogP contribution in [0.1, 0.15) is 57.1 Å². The van der Waals surface area contributed by atoms with Crippen molar-refractivity contribution < 1.29 is 0 Å². The van der Waals surface area contributed by atoms with Crippen LogP contribution in [-0.2, 0) is 5.75 Å². The number of aromatic nitrogens is 2. The summed E-state index contributed by atoms with van der Waals surface area (Å²) >= 11 is 1.86. The van der Waals surface area contributed by atoms with E-state index in [9.17, 15) is 0 Å². The minimum Gasteiger partial charge on any atom is -0.370 e. The van der Waals surface area contributed by atoms with Crippen LogP contribution in [-0.4, -0.2) is 22.3 Å². The van der Waals surface area contributed by atoms with Gasteiger partial charge in [-0.05, 0) is 25.0 Å². The van der Waals surface area contributed by atoms with Gasteiger partial charge in [0.15, 0.2) is 0 Å². The number of hydrogen-bond donors (Lipinski definition) is 1. The van der Waals surface area contributed by atoms with E-state index < -0.39 is 0 Å². The summed E-state index contributed by atoms with van der Waals surface area (Å²) in [6.45, 7) is 11.8. The van der Waals surface area contributed by atoms with Gasteiger partial charge in [-0.1, -0.05) is 27.7 Å². The molecule has 0 saturated carbocycles. The monoisotopic (exact) mass is 267 g/mol. The van der Waals surface area contributed by atoms with E-state index in [1.54, 1.807) is 0 Å². The Bertz CT molecular complexity index is 378. The molecule has 0 aliphatic rings. The van der Waals surface area contributed by atoms with Crippen LogP contribution >= 0.6 is 11.8 Å². The Hall–Kier alpha value is -0.770. The molecule has 0 atom stereocenters. The maximum Gasteiger partial charge on any atom is 0.140 e. The van der Waals surface area contributed by atoms with Gasteiger partial charge in [-0.3, -0.25) is 0 Å². The molecule has 1 rings (SSSR count). The van der Waals surface area contributed by atoms with E-state index in [0.717, 1.165) is 41.8 Å². The zero-order chi connectivity index (χ0) is 13.5. The van der Waals surface area contributed by atoms with Crippen molar-refractivity contribution in [1.29, 1.82) is 0 Å². The lowest BCUT2D eigenvalue weighted by atomic mass is 10.0. The zero-order valence-electron chi connectivity index (χ0n) is 12.2. The van der Waals surface area contributed by atoms with Crippen molar-refractivity contribution >= 4 is 17.6 Å². The summed E-state index contributed by atoms with van der Waals surface area (Å²) in [5, 5.41) is 3.44. The third kappa shape index (κ3) is 4.16. The van der Waals surface area contributed by atoms with E-state index in [1.807, 2.05) is 11.8 Å². The van der Waals surface area contributed by atoms with Crippen molar-refractivity contribution in [2.75, 3.05) is 17.6 Å². The molecular weight excluding hydrogens is 242 g/mol. The van der Waals surface area contributed by atoms with Gasteiger partial charge < -0.3 is 5.32 Å². The highest BCUT2D eigenvalue weighted by Crippen LogP contribution is 2.26. The number of aryl methyl sites for hydroxylation is 1. The number of nitrogens with zero attached hydrogens (tertiary/aromatic N) is 2. The summed E-state index contributed by atoms with van der Waals surface area (Å²) in [6.07, 6.45) is 1.11. The quantitative estimate of drug-likeness (QED) is 0.811. The molecule has 0 radical (unpaired) electrons. The molecule has 0 spiro atoms. The standard InChI is InChI=1S/C14H25N3S/c1-6-8-15-14-13(10(3)4)11(5)16-12(17-14)9-18-7-2/h10H,6-9H2,1-5H3,(H,15,16,17). The number of hydrogen-bond acceptors (Lipinski definition) is 4. The fraction of sp³-hybridized carbons (Fsp3) is 0.714. The van der Waals surface area contributed by atoms with E-state index >= 15 is 0 Å². The maximum absolute atomic E-state index is 4.69. The molecule has 1 aromatic rings. The van der Waals surface area contributed by atoms with Crippen molar-refractivity contribution in [3.63, 3.8) is 0 Å². The molecule has 0 bridgehead atoms. The normalized spacial score (nSPS) is 11.0. The summed E-state index contributed by atoms with van der Waals surface area (Å²) in [4.78, 5) is 9.32. The topological polar surface area (TPSA) is 37.8 Å². The largest absolute Gasteiger partial charge is 0.370 e. The van der Waals surface area contributed by atoms with E-state index in [-0.39, 0.29) is 0 Å². The van der Waals surface area contributed by atoms with Crippen molar-refractivity contribution in [2.45, 2.75) is 52.7 Å². The third-order valence-electron chi connectivity index (χ3n) is 2.74. The van der Waals surface area contributed by atoms with Crippen LogP contribution < -0.4 is 5.32 Å². The van der Waals surface area contributed by atoms with Gasteiger partial charge in [0.2, 0.25) is 0 Å². The smallest absolute Gasteiger partial charge is 0.140 e. The fourth-order valence-corrected chi connectivity index (χ4v) is 2.48. The van der Waals surface area contributed by atoms with Crippen molar-refractivity contribution in [2.24, 2.45) is 0 Å². The lowest BCUT2D eigenvalue weighted by molar-refractivity contribution is 0.813. The summed E-state index contributed by atoms with van der Waals surface area (Å²) < 4.78 is 0. The molecule has 0 aliphatic carbocycles. The molecule has 0 fully saturated rings. The highest BCUT2D eigenvalue weighted by atomic mass is 32.2. The second kappa shape index (κ2) is 7.62. The molecule has 1 N–H and O–H groups in total.